The summed E-state index contributed by atoms with van der Waals surface area (Å²) in [5.41, 5.74) is 0. The van der Waals surface area contributed by atoms with E-state index in [9.17, 15) is 4.79 Å². The molecule has 1 aromatic heterocycles. The SMILES string of the molecule is Bc1ccc([C@H](C)NC2=NC(=O)[C@@](C)(C(C)C)S2)s1. The Balaban J connectivity index is 2.06. The lowest BCUT2D eigenvalue weighted by Crippen LogP contribution is -2.34. The van der Waals surface area contributed by atoms with Gasteiger partial charge in [-0.15, -0.1) is 0 Å². The summed E-state index contributed by atoms with van der Waals surface area (Å²) in [6, 6.07) is 4.43. The van der Waals surface area contributed by atoms with Gasteiger partial charge in [0.05, 0.1) is 6.04 Å². The summed E-state index contributed by atoms with van der Waals surface area (Å²) in [5, 5.41) is 4.10. The first-order chi connectivity index (χ1) is 8.83. The van der Waals surface area contributed by atoms with Gasteiger partial charge in [0.2, 0.25) is 0 Å². The number of carbonyl (C=O) groups excluding carboxylic acids is 1. The van der Waals surface area contributed by atoms with E-state index in [1.54, 1.807) is 23.1 Å². The lowest BCUT2D eigenvalue weighted by molar-refractivity contribution is -0.120. The molecule has 6 heteroatoms. The molecule has 102 valence electrons. The van der Waals surface area contributed by atoms with Crippen molar-refractivity contribution >= 4 is 46.8 Å². The van der Waals surface area contributed by atoms with Gasteiger partial charge in [-0.25, -0.2) is 0 Å². The van der Waals surface area contributed by atoms with Gasteiger partial charge in [-0.1, -0.05) is 31.7 Å². The number of hydrogen-bond donors (Lipinski definition) is 1. The number of nitrogens with zero attached hydrogens (tertiary/aromatic N) is 1. The maximum atomic E-state index is 12.0. The largest absolute Gasteiger partial charge is 0.357 e. The third-order valence-corrected chi connectivity index (χ3v) is 6.22. The van der Waals surface area contributed by atoms with Gasteiger partial charge in [0.25, 0.3) is 5.91 Å². The van der Waals surface area contributed by atoms with Crippen LogP contribution in [-0.2, 0) is 4.79 Å². The fourth-order valence-corrected chi connectivity index (χ4v) is 3.85. The lowest BCUT2D eigenvalue weighted by Gasteiger charge is -2.24. The number of amides is 1. The van der Waals surface area contributed by atoms with Crippen molar-refractivity contribution in [2.45, 2.75) is 38.5 Å². The van der Waals surface area contributed by atoms with Crippen LogP contribution in [0.15, 0.2) is 17.1 Å². The molecule has 0 fully saturated rings. The molecule has 2 heterocycles. The number of thioether (sulfide) groups is 1. The average molecular weight is 294 g/mol. The van der Waals surface area contributed by atoms with Crippen LogP contribution in [0.1, 0.15) is 38.6 Å². The minimum absolute atomic E-state index is 0.0236. The maximum absolute atomic E-state index is 12.0. The average Bonchev–Trinajstić information content (AvgIpc) is 2.85. The third kappa shape index (κ3) is 2.89. The molecule has 1 N–H and O–H groups in total. The Hall–Kier alpha value is -0.745. The summed E-state index contributed by atoms with van der Waals surface area (Å²) in [5.74, 6) is 0.247. The van der Waals surface area contributed by atoms with Gasteiger partial charge < -0.3 is 5.32 Å². The smallest absolute Gasteiger partial charge is 0.264 e. The normalized spacial score (nSPS) is 24.7. The summed E-state index contributed by atoms with van der Waals surface area (Å²) in [4.78, 5) is 17.5. The minimum Gasteiger partial charge on any atom is -0.357 e. The molecule has 0 saturated carbocycles. The minimum atomic E-state index is -0.423. The predicted octanol–water partition coefficient (Wildman–Crippen LogP) is 1.70. The van der Waals surface area contributed by atoms with Crippen molar-refractivity contribution in [2.24, 2.45) is 10.9 Å². The molecule has 19 heavy (non-hydrogen) atoms. The molecule has 1 aliphatic heterocycles. The Labute approximate surface area is 123 Å². The van der Waals surface area contributed by atoms with Crippen molar-refractivity contribution in [1.82, 2.24) is 5.32 Å². The fourth-order valence-electron chi connectivity index (χ4n) is 1.84. The van der Waals surface area contributed by atoms with Crippen LogP contribution >= 0.6 is 23.1 Å². The van der Waals surface area contributed by atoms with Crippen LogP contribution in [-0.4, -0.2) is 23.7 Å². The molecular weight excluding hydrogens is 275 g/mol. The molecule has 3 nitrogen and oxygen atoms in total. The quantitative estimate of drug-likeness (QED) is 0.863. The van der Waals surface area contributed by atoms with Crippen LogP contribution in [0.25, 0.3) is 0 Å². The molecule has 1 amide bonds. The molecule has 0 bridgehead atoms. The van der Waals surface area contributed by atoms with Crippen molar-refractivity contribution in [3.63, 3.8) is 0 Å². The van der Waals surface area contributed by atoms with Crippen molar-refractivity contribution in [3.05, 3.63) is 17.0 Å². The molecule has 0 unspecified atom stereocenters. The highest BCUT2D eigenvalue weighted by Gasteiger charge is 2.43. The zero-order valence-electron chi connectivity index (χ0n) is 12.0. The number of nitrogens with one attached hydrogen (secondary N) is 1. The first-order valence-electron chi connectivity index (χ1n) is 6.48. The number of amidine groups is 1. The summed E-state index contributed by atoms with van der Waals surface area (Å²) in [6.07, 6.45) is 0. The van der Waals surface area contributed by atoms with E-state index in [1.807, 2.05) is 6.92 Å². The van der Waals surface area contributed by atoms with E-state index >= 15 is 0 Å². The van der Waals surface area contributed by atoms with Crippen molar-refractivity contribution in [1.29, 1.82) is 0 Å². The van der Waals surface area contributed by atoms with Crippen LogP contribution in [0.4, 0.5) is 0 Å². The molecule has 2 atom stereocenters. The van der Waals surface area contributed by atoms with E-state index in [0.717, 1.165) is 5.17 Å². The first kappa shape index (κ1) is 14.7. The van der Waals surface area contributed by atoms with Crippen LogP contribution in [0.5, 0.6) is 0 Å². The Morgan fingerprint density at radius 2 is 2.05 bits per heavy atom. The molecule has 0 aromatic carbocycles. The van der Waals surface area contributed by atoms with Gasteiger partial charge in [0.1, 0.15) is 4.75 Å². The maximum Gasteiger partial charge on any atom is 0.264 e. The second-order valence-electron chi connectivity index (χ2n) is 5.40. The van der Waals surface area contributed by atoms with E-state index in [4.69, 9.17) is 0 Å². The summed E-state index contributed by atoms with van der Waals surface area (Å²) < 4.78 is 0.876. The fraction of sp³-hybridized carbons (Fsp3) is 0.538. The van der Waals surface area contributed by atoms with Crippen LogP contribution in [0.2, 0.25) is 0 Å². The van der Waals surface area contributed by atoms with Crippen LogP contribution in [0.3, 0.4) is 0 Å². The van der Waals surface area contributed by atoms with E-state index in [2.05, 4.69) is 51.1 Å². The Bertz CT molecular complexity index is 526. The zero-order valence-corrected chi connectivity index (χ0v) is 13.6. The van der Waals surface area contributed by atoms with E-state index in [-0.39, 0.29) is 17.9 Å². The predicted molar refractivity (Wildman–Crippen MR) is 87.3 cm³/mol. The molecule has 2 rings (SSSR count). The highest BCUT2D eigenvalue weighted by atomic mass is 32.2. The standard InChI is InChI=1S/C13H19BN2OS2/c1-7(2)13(4)11(17)16-12(19-13)15-8(3)9-5-6-10(14)18-9/h5-8H,14H2,1-4H3,(H,15,16,17)/t8-,13+/m0/s1. The molecule has 0 radical (unpaired) electrons. The van der Waals surface area contributed by atoms with Crippen molar-refractivity contribution in [2.75, 3.05) is 0 Å². The van der Waals surface area contributed by atoms with E-state index in [1.165, 1.54) is 9.65 Å². The van der Waals surface area contributed by atoms with Crippen molar-refractivity contribution in [3.8, 4) is 0 Å². The Kier molecular flexibility index (Phi) is 4.11. The molecule has 1 aliphatic rings. The van der Waals surface area contributed by atoms with E-state index in [0.29, 0.717) is 0 Å². The first-order valence-corrected chi connectivity index (χ1v) is 8.11. The van der Waals surface area contributed by atoms with Crippen LogP contribution in [0, 0.1) is 5.92 Å². The molecular formula is C13H19BN2OS2. The monoisotopic (exact) mass is 294 g/mol. The molecule has 0 saturated heterocycles. The van der Waals surface area contributed by atoms with Gasteiger partial charge in [-0.3, -0.25) is 4.79 Å². The highest BCUT2D eigenvalue weighted by molar-refractivity contribution is 8.16. The number of carbonyl (C=O) groups is 1. The second kappa shape index (κ2) is 5.33. The number of aliphatic imine (C=N–C) groups is 1. The number of rotatable bonds is 3. The summed E-state index contributed by atoms with van der Waals surface area (Å²) >= 11 is 3.33. The van der Waals surface area contributed by atoms with Gasteiger partial charge >= 0.3 is 0 Å². The third-order valence-electron chi connectivity index (χ3n) is 3.57. The molecule has 1 aromatic rings. The summed E-state index contributed by atoms with van der Waals surface area (Å²) in [6.45, 7) is 8.21. The molecule has 0 spiro atoms. The number of thiophene rings is 1. The number of hydrogen-bond acceptors (Lipinski definition) is 4. The highest BCUT2D eigenvalue weighted by Crippen LogP contribution is 2.39. The topological polar surface area (TPSA) is 41.5 Å². The van der Waals surface area contributed by atoms with Crippen LogP contribution < -0.4 is 10.1 Å². The van der Waals surface area contributed by atoms with Crippen molar-refractivity contribution < 1.29 is 4.79 Å². The van der Waals surface area contributed by atoms with E-state index < -0.39 is 4.75 Å². The summed E-state index contributed by atoms with van der Waals surface area (Å²) in [7, 11) is 2.10. The van der Waals surface area contributed by atoms with Gasteiger partial charge in [0, 0.05) is 4.88 Å². The Morgan fingerprint density at radius 3 is 2.53 bits per heavy atom. The Morgan fingerprint density at radius 1 is 1.37 bits per heavy atom. The second-order valence-corrected chi connectivity index (χ2v) is 8.16. The molecule has 0 aliphatic carbocycles. The lowest BCUT2D eigenvalue weighted by atomic mass is 9.96. The zero-order chi connectivity index (χ0) is 14.2. The van der Waals surface area contributed by atoms with Gasteiger partial charge in [-0.05, 0) is 30.6 Å². The van der Waals surface area contributed by atoms with Gasteiger partial charge in [0.15, 0.2) is 13.0 Å². The van der Waals surface area contributed by atoms with Gasteiger partial charge in [-0.2, -0.15) is 16.3 Å².